The number of hydrogen-bond donors (Lipinski definition) is 1. The molecule has 4 rings (SSSR count). The zero-order chi connectivity index (χ0) is 22.8. The third kappa shape index (κ3) is 4.35. The number of ketones is 1. The lowest BCUT2D eigenvalue weighted by Crippen LogP contribution is -2.42. The number of aromatic nitrogens is 1. The molecule has 168 valence electrons. The monoisotopic (exact) mass is 434 g/mol. The average molecular weight is 435 g/mol. The summed E-state index contributed by atoms with van der Waals surface area (Å²) in [6, 6.07) is 13.1. The summed E-state index contributed by atoms with van der Waals surface area (Å²) in [4.78, 5) is 31.6. The Kier molecular flexibility index (Phi) is 6.21. The van der Waals surface area contributed by atoms with Crippen LogP contribution in [-0.4, -0.2) is 47.9 Å². The molecular formula is C26H30N2O4. The molecule has 1 N–H and O–H groups in total. The number of nitrogens with one attached hydrogen (secondary N) is 1. The van der Waals surface area contributed by atoms with Crippen molar-refractivity contribution in [2.24, 2.45) is 5.92 Å². The van der Waals surface area contributed by atoms with E-state index in [-0.39, 0.29) is 23.7 Å². The van der Waals surface area contributed by atoms with Gasteiger partial charge in [-0.2, -0.15) is 0 Å². The van der Waals surface area contributed by atoms with Gasteiger partial charge in [-0.15, -0.1) is 0 Å². The molecule has 0 saturated carbocycles. The number of aromatic amines is 1. The number of likely N-dealkylation sites (tertiary alicyclic amines) is 1. The van der Waals surface area contributed by atoms with Gasteiger partial charge in [-0.1, -0.05) is 12.1 Å². The van der Waals surface area contributed by atoms with E-state index in [0.29, 0.717) is 30.1 Å². The van der Waals surface area contributed by atoms with Gasteiger partial charge in [0.1, 0.15) is 17.2 Å². The Balaban J connectivity index is 1.53. The SMILES string of the molecule is COc1ccc2[nH]c(C(=O)N3CCC[C@@H](C(=O)c4cccc(OC(C)C)c4)C3)c(C)c2c1. The molecule has 32 heavy (non-hydrogen) atoms. The number of carbonyl (C=O) groups excluding carboxylic acids is 2. The number of Topliss-reactive ketones (excluding diaryl/α,β-unsaturated/α-hetero) is 1. The second-order valence-electron chi connectivity index (χ2n) is 8.69. The minimum Gasteiger partial charge on any atom is -0.497 e. The molecule has 1 saturated heterocycles. The number of rotatable bonds is 6. The Bertz CT molecular complexity index is 1150. The van der Waals surface area contributed by atoms with Crippen LogP contribution in [0.3, 0.4) is 0 Å². The van der Waals surface area contributed by atoms with E-state index in [1.807, 2.05) is 57.2 Å². The molecule has 1 amide bonds. The van der Waals surface area contributed by atoms with E-state index in [0.717, 1.165) is 35.1 Å². The third-order valence-corrected chi connectivity index (χ3v) is 6.05. The Labute approximate surface area is 188 Å². The molecule has 3 aromatic rings. The average Bonchev–Trinajstić information content (AvgIpc) is 3.13. The highest BCUT2D eigenvalue weighted by molar-refractivity contribution is 6.02. The fourth-order valence-corrected chi connectivity index (χ4v) is 4.41. The van der Waals surface area contributed by atoms with Gasteiger partial charge in [0.15, 0.2) is 5.78 Å². The van der Waals surface area contributed by atoms with E-state index in [2.05, 4.69) is 4.98 Å². The van der Waals surface area contributed by atoms with Crippen molar-refractivity contribution in [3.63, 3.8) is 0 Å². The Morgan fingerprint density at radius 2 is 1.94 bits per heavy atom. The van der Waals surface area contributed by atoms with E-state index >= 15 is 0 Å². The van der Waals surface area contributed by atoms with E-state index in [9.17, 15) is 9.59 Å². The number of ether oxygens (including phenoxy) is 2. The van der Waals surface area contributed by atoms with Gasteiger partial charge >= 0.3 is 0 Å². The van der Waals surface area contributed by atoms with Crippen LogP contribution in [0.25, 0.3) is 10.9 Å². The van der Waals surface area contributed by atoms with Gasteiger partial charge in [0.2, 0.25) is 0 Å². The molecule has 1 atom stereocenters. The maximum absolute atomic E-state index is 13.4. The molecular weight excluding hydrogens is 404 g/mol. The smallest absolute Gasteiger partial charge is 0.270 e. The van der Waals surface area contributed by atoms with Crippen molar-refractivity contribution in [2.75, 3.05) is 20.2 Å². The molecule has 0 unspecified atom stereocenters. The van der Waals surface area contributed by atoms with Crippen molar-refractivity contribution >= 4 is 22.6 Å². The van der Waals surface area contributed by atoms with Gasteiger partial charge in [-0.3, -0.25) is 9.59 Å². The van der Waals surface area contributed by atoms with Gasteiger partial charge in [-0.05, 0) is 69.5 Å². The molecule has 1 fully saturated rings. The zero-order valence-electron chi connectivity index (χ0n) is 19.1. The summed E-state index contributed by atoms with van der Waals surface area (Å²) in [5.41, 5.74) is 3.01. The van der Waals surface area contributed by atoms with Crippen molar-refractivity contribution < 1.29 is 19.1 Å². The van der Waals surface area contributed by atoms with E-state index in [4.69, 9.17) is 9.47 Å². The van der Waals surface area contributed by atoms with Gasteiger partial charge in [0.05, 0.1) is 13.2 Å². The largest absolute Gasteiger partial charge is 0.497 e. The predicted molar refractivity (Wildman–Crippen MR) is 125 cm³/mol. The molecule has 0 bridgehead atoms. The number of nitrogens with zero attached hydrogens (tertiary/aromatic N) is 1. The number of methoxy groups -OCH3 is 1. The summed E-state index contributed by atoms with van der Waals surface area (Å²) >= 11 is 0. The summed E-state index contributed by atoms with van der Waals surface area (Å²) in [5, 5.41) is 0.972. The highest BCUT2D eigenvalue weighted by Crippen LogP contribution is 2.29. The molecule has 6 nitrogen and oxygen atoms in total. The van der Waals surface area contributed by atoms with E-state index in [1.165, 1.54) is 0 Å². The Morgan fingerprint density at radius 3 is 2.69 bits per heavy atom. The lowest BCUT2D eigenvalue weighted by molar-refractivity contribution is 0.0632. The summed E-state index contributed by atoms with van der Waals surface area (Å²) in [6.07, 6.45) is 1.63. The summed E-state index contributed by atoms with van der Waals surface area (Å²) < 4.78 is 11.1. The Hall–Kier alpha value is -3.28. The Morgan fingerprint density at radius 1 is 1.12 bits per heavy atom. The summed E-state index contributed by atoms with van der Waals surface area (Å²) in [5.74, 6) is 1.23. The molecule has 0 aliphatic carbocycles. The first-order valence-corrected chi connectivity index (χ1v) is 11.1. The van der Waals surface area contributed by atoms with E-state index < -0.39 is 0 Å². The fourth-order valence-electron chi connectivity index (χ4n) is 4.41. The summed E-state index contributed by atoms with van der Waals surface area (Å²) in [6.45, 7) is 6.93. The molecule has 1 aliphatic rings. The first-order valence-electron chi connectivity index (χ1n) is 11.1. The van der Waals surface area contributed by atoms with Crippen molar-refractivity contribution in [1.29, 1.82) is 0 Å². The lowest BCUT2D eigenvalue weighted by atomic mass is 9.89. The van der Waals surface area contributed by atoms with Crippen molar-refractivity contribution in [1.82, 2.24) is 9.88 Å². The van der Waals surface area contributed by atoms with Gasteiger partial charge < -0.3 is 19.4 Å². The predicted octanol–water partition coefficient (Wildman–Crippen LogP) is 5.01. The number of piperidine rings is 1. The number of amides is 1. The highest BCUT2D eigenvalue weighted by atomic mass is 16.5. The van der Waals surface area contributed by atoms with Crippen LogP contribution in [0, 0.1) is 12.8 Å². The van der Waals surface area contributed by atoms with Crippen molar-refractivity contribution in [3.05, 3.63) is 59.3 Å². The maximum atomic E-state index is 13.4. The highest BCUT2D eigenvalue weighted by Gasteiger charge is 2.31. The molecule has 1 aliphatic heterocycles. The van der Waals surface area contributed by atoms with Crippen LogP contribution in [-0.2, 0) is 0 Å². The first-order chi connectivity index (χ1) is 15.4. The second kappa shape index (κ2) is 9.07. The van der Waals surface area contributed by atoms with Gasteiger partial charge in [-0.25, -0.2) is 0 Å². The van der Waals surface area contributed by atoms with Crippen LogP contribution in [0.15, 0.2) is 42.5 Å². The summed E-state index contributed by atoms with van der Waals surface area (Å²) in [7, 11) is 1.63. The number of H-pyrrole nitrogens is 1. The second-order valence-corrected chi connectivity index (χ2v) is 8.69. The quantitative estimate of drug-likeness (QED) is 0.554. The normalized spacial score (nSPS) is 16.4. The fraction of sp³-hybridized carbons (Fsp3) is 0.385. The number of hydrogen-bond acceptors (Lipinski definition) is 4. The van der Waals surface area contributed by atoms with Crippen LogP contribution in [0.4, 0.5) is 0 Å². The minimum atomic E-state index is -0.216. The van der Waals surface area contributed by atoms with Gasteiger partial charge in [0.25, 0.3) is 5.91 Å². The van der Waals surface area contributed by atoms with Crippen LogP contribution in [0.5, 0.6) is 11.5 Å². The van der Waals surface area contributed by atoms with Crippen molar-refractivity contribution in [2.45, 2.75) is 39.7 Å². The third-order valence-electron chi connectivity index (χ3n) is 6.05. The minimum absolute atomic E-state index is 0.0441. The van der Waals surface area contributed by atoms with Crippen LogP contribution in [0.2, 0.25) is 0 Å². The lowest BCUT2D eigenvalue weighted by Gasteiger charge is -2.32. The van der Waals surface area contributed by atoms with Gasteiger partial charge in [0, 0.05) is 35.5 Å². The van der Waals surface area contributed by atoms with Crippen LogP contribution in [0.1, 0.15) is 53.1 Å². The number of benzene rings is 2. The molecule has 0 spiro atoms. The molecule has 2 heterocycles. The number of aryl methyl sites for hydroxylation is 1. The maximum Gasteiger partial charge on any atom is 0.270 e. The molecule has 1 aromatic heterocycles. The first kappa shape index (κ1) is 21.9. The standard InChI is InChI=1S/C26H30N2O4/c1-16(2)32-21-9-5-7-18(13-21)25(29)19-8-6-12-28(15-19)26(30)24-17(3)22-14-20(31-4)10-11-23(22)27-24/h5,7,9-11,13-14,16,19,27H,6,8,12,15H2,1-4H3/t19-/m1/s1. The topological polar surface area (TPSA) is 71.6 Å². The van der Waals surface area contributed by atoms with Crippen LogP contribution < -0.4 is 9.47 Å². The molecule has 2 aromatic carbocycles. The van der Waals surface area contributed by atoms with Crippen LogP contribution >= 0.6 is 0 Å². The zero-order valence-corrected chi connectivity index (χ0v) is 19.1. The van der Waals surface area contributed by atoms with E-state index in [1.54, 1.807) is 18.1 Å². The molecule has 6 heteroatoms. The number of fused-ring (bicyclic) bond motifs is 1. The number of carbonyl (C=O) groups is 2. The van der Waals surface area contributed by atoms with Crippen molar-refractivity contribution in [3.8, 4) is 11.5 Å². The molecule has 0 radical (unpaired) electrons.